The first-order chi connectivity index (χ1) is 5.88. The Morgan fingerprint density at radius 2 is 2.00 bits per heavy atom. The van der Waals surface area contributed by atoms with Gasteiger partial charge in [0, 0.05) is 0 Å². The average molecular weight is 198 g/mol. The number of halogens is 3. The van der Waals surface area contributed by atoms with Crippen LogP contribution in [0.5, 0.6) is 0 Å². The molecule has 0 amide bonds. The first-order valence-corrected chi connectivity index (χ1v) is 4.11. The maximum Gasteiger partial charge on any atom is 0.490 e. The average Bonchev–Trinajstić information content (AvgIpc) is 1.99. The molecule has 0 heterocycles. The number of hydrogen-bond donors (Lipinski definition) is 0. The minimum atomic E-state index is -4.87. The third kappa shape index (κ3) is 5.49. The van der Waals surface area contributed by atoms with E-state index in [9.17, 15) is 18.0 Å². The summed E-state index contributed by atoms with van der Waals surface area (Å²) in [5.74, 6) is -2.12. The van der Waals surface area contributed by atoms with Gasteiger partial charge in [0.05, 0.1) is 6.61 Å². The van der Waals surface area contributed by atoms with Crippen LogP contribution in [0.3, 0.4) is 0 Å². The zero-order chi connectivity index (χ0) is 10.5. The third-order valence-corrected chi connectivity index (χ3v) is 1.51. The second kappa shape index (κ2) is 5.09. The number of carbonyl (C=O) groups is 1. The van der Waals surface area contributed by atoms with Crippen LogP contribution in [-0.2, 0) is 9.53 Å². The van der Waals surface area contributed by atoms with E-state index in [1.165, 1.54) is 0 Å². The molecule has 0 aromatic carbocycles. The van der Waals surface area contributed by atoms with Gasteiger partial charge >= 0.3 is 12.1 Å². The maximum atomic E-state index is 11.6. The monoisotopic (exact) mass is 198 g/mol. The van der Waals surface area contributed by atoms with Gasteiger partial charge in [-0.05, 0) is 12.3 Å². The van der Waals surface area contributed by atoms with Crippen molar-refractivity contribution in [3.05, 3.63) is 0 Å². The van der Waals surface area contributed by atoms with Crippen LogP contribution in [0.1, 0.15) is 26.7 Å². The second-order valence-electron chi connectivity index (χ2n) is 2.99. The van der Waals surface area contributed by atoms with E-state index in [1.807, 2.05) is 6.92 Å². The summed E-state index contributed by atoms with van der Waals surface area (Å²) in [5, 5.41) is 0. The fourth-order valence-electron chi connectivity index (χ4n) is 0.876. The SMILES string of the molecule is CCCC(C)COC(=O)C(F)(F)F. The van der Waals surface area contributed by atoms with Crippen LogP contribution >= 0.6 is 0 Å². The van der Waals surface area contributed by atoms with Gasteiger partial charge in [-0.15, -0.1) is 0 Å². The molecule has 0 bridgehead atoms. The predicted octanol–water partition coefficient (Wildman–Crippen LogP) is 2.53. The number of hydrogen-bond acceptors (Lipinski definition) is 2. The third-order valence-electron chi connectivity index (χ3n) is 1.51. The molecule has 0 radical (unpaired) electrons. The lowest BCUT2D eigenvalue weighted by molar-refractivity contribution is -0.200. The van der Waals surface area contributed by atoms with E-state index in [0.717, 1.165) is 12.8 Å². The van der Waals surface area contributed by atoms with E-state index < -0.39 is 12.1 Å². The van der Waals surface area contributed by atoms with Crippen molar-refractivity contribution in [2.75, 3.05) is 6.61 Å². The molecule has 1 unspecified atom stereocenters. The fourth-order valence-corrected chi connectivity index (χ4v) is 0.876. The van der Waals surface area contributed by atoms with Crippen molar-refractivity contribution < 1.29 is 22.7 Å². The van der Waals surface area contributed by atoms with Crippen LogP contribution in [0.25, 0.3) is 0 Å². The van der Waals surface area contributed by atoms with E-state index in [4.69, 9.17) is 0 Å². The van der Waals surface area contributed by atoms with E-state index in [-0.39, 0.29) is 12.5 Å². The molecule has 0 fully saturated rings. The minimum Gasteiger partial charge on any atom is -0.459 e. The number of esters is 1. The zero-order valence-electron chi connectivity index (χ0n) is 7.65. The van der Waals surface area contributed by atoms with Crippen molar-refractivity contribution in [2.45, 2.75) is 32.9 Å². The van der Waals surface area contributed by atoms with Crippen LogP contribution < -0.4 is 0 Å². The number of alkyl halides is 3. The Bertz CT molecular complexity index is 165. The lowest BCUT2D eigenvalue weighted by atomic mass is 10.1. The maximum absolute atomic E-state index is 11.6. The van der Waals surface area contributed by atoms with Crippen LogP contribution in [0.15, 0.2) is 0 Å². The molecular formula is C8H13F3O2. The molecule has 0 aliphatic heterocycles. The Balaban J connectivity index is 3.71. The van der Waals surface area contributed by atoms with Gasteiger partial charge in [-0.2, -0.15) is 13.2 Å². The highest BCUT2D eigenvalue weighted by atomic mass is 19.4. The van der Waals surface area contributed by atoms with Crippen molar-refractivity contribution >= 4 is 5.97 Å². The van der Waals surface area contributed by atoms with Gasteiger partial charge in [0.15, 0.2) is 0 Å². The predicted molar refractivity (Wildman–Crippen MR) is 41.1 cm³/mol. The summed E-state index contributed by atoms with van der Waals surface area (Å²) in [7, 11) is 0. The molecule has 1 atom stereocenters. The van der Waals surface area contributed by atoms with Gasteiger partial charge in [0.25, 0.3) is 0 Å². The lowest BCUT2D eigenvalue weighted by Gasteiger charge is -2.11. The molecule has 5 heteroatoms. The Labute approximate surface area is 75.1 Å². The quantitative estimate of drug-likeness (QED) is 0.649. The van der Waals surface area contributed by atoms with Crippen LogP contribution in [0, 0.1) is 5.92 Å². The normalized spacial score (nSPS) is 13.9. The lowest BCUT2D eigenvalue weighted by Crippen LogP contribution is -2.27. The highest BCUT2D eigenvalue weighted by Crippen LogP contribution is 2.17. The second-order valence-corrected chi connectivity index (χ2v) is 2.99. The van der Waals surface area contributed by atoms with E-state index in [1.54, 1.807) is 6.92 Å². The summed E-state index contributed by atoms with van der Waals surface area (Å²) >= 11 is 0. The van der Waals surface area contributed by atoms with Crippen molar-refractivity contribution in [1.29, 1.82) is 0 Å². The van der Waals surface area contributed by atoms with Crippen LogP contribution in [-0.4, -0.2) is 18.8 Å². The summed E-state index contributed by atoms with van der Waals surface area (Å²) in [6.45, 7) is 3.50. The topological polar surface area (TPSA) is 26.3 Å². The van der Waals surface area contributed by atoms with Gasteiger partial charge in [-0.25, -0.2) is 4.79 Å². The fraction of sp³-hybridized carbons (Fsp3) is 0.875. The first-order valence-electron chi connectivity index (χ1n) is 4.11. The molecule has 0 aliphatic rings. The molecule has 0 aromatic heterocycles. The van der Waals surface area contributed by atoms with Gasteiger partial charge in [-0.3, -0.25) is 0 Å². The summed E-state index contributed by atoms with van der Waals surface area (Å²) < 4.78 is 38.9. The molecular weight excluding hydrogens is 185 g/mol. The Hall–Kier alpha value is -0.740. The summed E-state index contributed by atoms with van der Waals surface area (Å²) in [4.78, 5) is 10.2. The molecule has 0 aromatic rings. The smallest absolute Gasteiger partial charge is 0.459 e. The molecule has 0 saturated carbocycles. The van der Waals surface area contributed by atoms with E-state index in [0.29, 0.717) is 0 Å². The number of carbonyl (C=O) groups excluding carboxylic acids is 1. The summed E-state index contributed by atoms with van der Waals surface area (Å²) in [6.07, 6.45) is -3.25. The minimum absolute atomic E-state index is 0.0173. The van der Waals surface area contributed by atoms with Gasteiger partial charge in [-0.1, -0.05) is 20.3 Å². The number of ether oxygens (including phenoxy) is 1. The molecule has 13 heavy (non-hydrogen) atoms. The van der Waals surface area contributed by atoms with E-state index in [2.05, 4.69) is 4.74 Å². The molecule has 2 nitrogen and oxygen atoms in total. The van der Waals surface area contributed by atoms with Gasteiger partial charge in [0.2, 0.25) is 0 Å². The Morgan fingerprint density at radius 3 is 2.38 bits per heavy atom. The summed E-state index contributed by atoms with van der Waals surface area (Å²) in [6, 6.07) is 0. The molecule has 0 spiro atoms. The van der Waals surface area contributed by atoms with Crippen molar-refractivity contribution in [1.82, 2.24) is 0 Å². The standard InChI is InChI=1S/C8H13F3O2/c1-3-4-6(2)5-13-7(12)8(9,10)11/h6H,3-5H2,1-2H3. The van der Waals surface area contributed by atoms with Crippen molar-refractivity contribution in [3.8, 4) is 0 Å². The zero-order valence-corrected chi connectivity index (χ0v) is 7.65. The molecule has 0 rings (SSSR count). The summed E-state index contributed by atoms with van der Waals surface area (Å²) in [5.41, 5.74) is 0. The highest BCUT2D eigenvalue weighted by Gasteiger charge is 2.40. The van der Waals surface area contributed by atoms with Gasteiger partial charge < -0.3 is 4.74 Å². The highest BCUT2D eigenvalue weighted by molar-refractivity contribution is 5.75. The van der Waals surface area contributed by atoms with Crippen LogP contribution in [0.4, 0.5) is 13.2 Å². The molecule has 0 N–H and O–H groups in total. The first kappa shape index (κ1) is 12.3. The Morgan fingerprint density at radius 1 is 1.46 bits per heavy atom. The van der Waals surface area contributed by atoms with Crippen LogP contribution in [0.2, 0.25) is 0 Å². The van der Waals surface area contributed by atoms with Crippen molar-refractivity contribution in [2.24, 2.45) is 5.92 Å². The Kier molecular flexibility index (Phi) is 4.80. The van der Waals surface area contributed by atoms with Gasteiger partial charge in [0.1, 0.15) is 0 Å². The van der Waals surface area contributed by atoms with Crippen molar-refractivity contribution in [3.63, 3.8) is 0 Å². The largest absolute Gasteiger partial charge is 0.490 e. The number of rotatable bonds is 4. The molecule has 78 valence electrons. The molecule has 0 saturated heterocycles. The molecule has 0 aliphatic carbocycles. The van der Waals surface area contributed by atoms with E-state index >= 15 is 0 Å².